The fourth-order valence-corrected chi connectivity index (χ4v) is 0.390. The van der Waals surface area contributed by atoms with E-state index in [1.807, 2.05) is 0 Å². The van der Waals surface area contributed by atoms with Gasteiger partial charge in [0.15, 0.2) is 0 Å². The van der Waals surface area contributed by atoms with Crippen molar-refractivity contribution in [1.29, 1.82) is 10.7 Å². The SMILES string of the molecule is N#Cc1noccc1=N. The molecule has 1 heterocycles. The van der Waals surface area contributed by atoms with Gasteiger partial charge in [0.1, 0.15) is 12.3 Å². The molecule has 0 aliphatic heterocycles. The molecule has 44 valence electrons. The first kappa shape index (κ1) is 5.51. The average Bonchev–Trinajstić information content (AvgIpc) is 1.89. The lowest BCUT2D eigenvalue weighted by molar-refractivity contribution is 0.393. The van der Waals surface area contributed by atoms with E-state index in [1.54, 1.807) is 6.07 Å². The summed E-state index contributed by atoms with van der Waals surface area (Å²) >= 11 is 0. The molecule has 4 heteroatoms. The molecule has 0 saturated heterocycles. The van der Waals surface area contributed by atoms with Gasteiger partial charge in [0.05, 0.1) is 5.36 Å². The van der Waals surface area contributed by atoms with Gasteiger partial charge >= 0.3 is 0 Å². The minimum Gasteiger partial charge on any atom is -0.363 e. The Morgan fingerprint density at radius 2 is 2.56 bits per heavy atom. The second kappa shape index (κ2) is 2.09. The van der Waals surface area contributed by atoms with E-state index in [-0.39, 0.29) is 11.1 Å². The van der Waals surface area contributed by atoms with Crippen molar-refractivity contribution in [3.05, 3.63) is 23.4 Å². The Labute approximate surface area is 50.9 Å². The summed E-state index contributed by atoms with van der Waals surface area (Å²) in [4.78, 5) is 0. The quantitative estimate of drug-likeness (QED) is 0.526. The van der Waals surface area contributed by atoms with E-state index in [0.29, 0.717) is 0 Å². The van der Waals surface area contributed by atoms with Crippen molar-refractivity contribution in [2.45, 2.75) is 0 Å². The van der Waals surface area contributed by atoms with Gasteiger partial charge in [0.25, 0.3) is 0 Å². The van der Waals surface area contributed by atoms with Crippen LogP contribution in [-0.4, -0.2) is 5.16 Å². The molecule has 1 N–H and O–H groups in total. The molecule has 1 aromatic heterocycles. The third-order valence-corrected chi connectivity index (χ3v) is 0.801. The average molecular weight is 121 g/mol. The van der Waals surface area contributed by atoms with Crippen LogP contribution in [0, 0.1) is 16.7 Å². The van der Waals surface area contributed by atoms with E-state index in [0.717, 1.165) is 0 Å². The summed E-state index contributed by atoms with van der Waals surface area (Å²) in [5.74, 6) is 0. The van der Waals surface area contributed by atoms with E-state index in [2.05, 4.69) is 9.68 Å². The van der Waals surface area contributed by atoms with Crippen LogP contribution >= 0.6 is 0 Å². The van der Waals surface area contributed by atoms with Crippen molar-refractivity contribution >= 4 is 0 Å². The van der Waals surface area contributed by atoms with Crippen LogP contribution in [0.4, 0.5) is 0 Å². The minimum absolute atomic E-state index is 0.0116. The van der Waals surface area contributed by atoms with E-state index in [1.165, 1.54) is 12.3 Å². The highest BCUT2D eigenvalue weighted by atomic mass is 16.4. The fourth-order valence-electron chi connectivity index (χ4n) is 0.390. The molecule has 0 radical (unpaired) electrons. The zero-order valence-corrected chi connectivity index (χ0v) is 4.46. The van der Waals surface area contributed by atoms with Gasteiger partial charge in [-0.25, -0.2) is 0 Å². The van der Waals surface area contributed by atoms with Crippen LogP contribution in [0.1, 0.15) is 5.69 Å². The lowest BCUT2D eigenvalue weighted by Gasteiger charge is -1.81. The first-order chi connectivity index (χ1) is 4.34. The zero-order chi connectivity index (χ0) is 6.69. The molecular formula is C5H3N3O. The number of hydrogen-bond acceptors (Lipinski definition) is 4. The highest BCUT2D eigenvalue weighted by molar-refractivity contribution is 5.13. The normalized spacial score (nSPS) is 8.33. The zero-order valence-electron chi connectivity index (χ0n) is 4.46. The minimum atomic E-state index is 0.0116. The van der Waals surface area contributed by atoms with Gasteiger partial charge in [-0.3, -0.25) is 5.41 Å². The molecule has 0 unspecified atom stereocenters. The highest BCUT2D eigenvalue weighted by Gasteiger charge is 1.91. The molecule has 0 bridgehead atoms. The van der Waals surface area contributed by atoms with Crippen molar-refractivity contribution in [3.8, 4) is 6.07 Å². The third kappa shape index (κ3) is 0.941. The maximum absolute atomic E-state index is 8.23. The van der Waals surface area contributed by atoms with Crippen LogP contribution < -0.4 is 5.36 Å². The van der Waals surface area contributed by atoms with Crippen LogP contribution in [0.15, 0.2) is 16.9 Å². The molecule has 0 aliphatic carbocycles. The largest absolute Gasteiger partial charge is 0.363 e. The summed E-state index contributed by atoms with van der Waals surface area (Å²) < 4.78 is 4.39. The Balaban J connectivity index is 3.38. The Hall–Kier alpha value is -1.63. The number of aromatic nitrogens is 1. The van der Waals surface area contributed by atoms with Gasteiger partial charge in [-0.15, -0.1) is 0 Å². The van der Waals surface area contributed by atoms with Crippen LogP contribution in [0.5, 0.6) is 0 Å². The monoisotopic (exact) mass is 121 g/mol. The second-order valence-electron chi connectivity index (χ2n) is 1.37. The predicted octanol–water partition coefficient (Wildman–Crippen LogP) is 0.0257. The van der Waals surface area contributed by atoms with Gasteiger partial charge in [-0.05, 0) is 0 Å². The van der Waals surface area contributed by atoms with E-state index in [4.69, 9.17) is 10.7 Å². The summed E-state index contributed by atoms with van der Waals surface area (Å²) in [5, 5.41) is 18.6. The number of hydrogen-bond donors (Lipinski definition) is 1. The molecule has 0 aromatic carbocycles. The Kier molecular flexibility index (Phi) is 1.28. The molecule has 0 spiro atoms. The van der Waals surface area contributed by atoms with Crippen LogP contribution in [0.3, 0.4) is 0 Å². The maximum Gasteiger partial charge on any atom is 0.205 e. The molecule has 9 heavy (non-hydrogen) atoms. The van der Waals surface area contributed by atoms with Crippen LogP contribution in [0.2, 0.25) is 0 Å². The van der Waals surface area contributed by atoms with Gasteiger partial charge in [0, 0.05) is 6.07 Å². The van der Waals surface area contributed by atoms with Gasteiger partial charge in [-0.2, -0.15) is 5.26 Å². The standard InChI is InChI=1S/C5H3N3O/c6-3-5-4(7)1-2-9-8-5/h1-2,7H. The number of nitrogens with one attached hydrogen (secondary N) is 1. The van der Waals surface area contributed by atoms with Gasteiger partial charge in [0.2, 0.25) is 5.69 Å². The molecule has 0 amide bonds. The number of rotatable bonds is 0. The molecule has 0 atom stereocenters. The predicted molar refractivity (Wildman–Crippen MR) is 27.1 cm³/mol. The molecule has 1 aromatic rings. The number of nitriles is 1. The lowest BCUT2D eigenvalue weighted by Crippen LogP contribution is -2.04. The van der Waals surface area contributed by atoms with Crippen molar-refractivity contribution in [2.75, 3.05) is 0 Å². The van der Waals surface area contributed by atoms with E-state index >= 15 is 0 Å². The molecule has 0 aliphatic rings. The summed E-state index contributed by atoms with van der Waals surface area (Å²) in [6, 6.07) is 3.07. The van der Waals surface area contributed by atoms with Crippen molar-refractivity contribution < 1.29 is 4.52 Å². The molecule has 0 fully saturated rings. The first-order valence-corrected chi connectivity index (χ1v) is 2.24. The maximum atomic E-state index is 8.23. The Morgan fingerprint density at radius 3 is 3.00 bits per heavy atom. The first-order valence-electron chi connectivity index (χ1n) is 2.24. The Morgan fingerprint density at radius 1 is 1.78 bits per heavy atom. The lowest BCUT2D eigenvalue weighted by atomic mass is 10.4. The molecule has 0 saturated carbocycles. The van der Waals surface area contributed by atoms with Gasteiger partial charge in [-0.1, -0.05) is 5.16 Å². The second-order valence-corrected chi connectivity index (χ2v) is 1.37. The molecule has 4 nitrogen and oxygen atoms in total. The summed E-state index contributed by atoms with van der Waals surface area (Å²) in [5.41, 5.74) is 0.0116. The van der Waals surface area contributed by atoms with E-state index in [9.17, 15) is 0 Å². The molecule has 1 rings (SSSR count). The van der Waals surface area contributed by atoms with Crippen LogP contribution in [0.25, 0.3) is 0 Å². The summed E-state index contributed by atoms with van der Waals surface area (Å²) in [6.45, 7) is 0. The van der Waals surface area contributed by atoms with E-state index < -0.39 is 0 Å². The third-order valence-electron chi connectivity index (χ3n) is 0.801. The topological polar surface area (TPSA) is 73.7 Å². The summed E-state index contributed by atoms with van der Waals surface area (Å²) in [7, 11) is 0. The number of nitrogens with zero attached hydrogens (tertiary/aromatic N) is 2. The molecular weight excluding hydrogens is 118 g/mol. The van der Waals surface area contributed by atoms with Crippen molar-refractivity contribution in [2.24, 2.45) is 0 Å². The fraction of sp³-hybridized carbons (Fsp3) is 0. The van der Waals surface area contributed by atoms with Gasteiger partial charge < -0.3 is 4.52 Å². The van der Waals surface area contributed by atoms with Crippen molar-refractivity contribution in [1.82, 2.24) is 5.16 Å². The summed E-state index contributed by atoms with van der Waals surface area (Å²) in [6.07, 6.45) is 1.25. The van der Waals surface area contributed by atoms with Crippen molar-refractivity contribution in [3.63, 3.8) is 0 Å². The highest BCUT2D eigenvalue weighted by Crippen LogP contribution is 1.77. The Bertz CT molecular complexity index is 296. The van der Waals surface area contributed by atoms with Crippen LogP contribution in [-0.2, 0) is 0 Å². The smallest absolute Gasteiger partial charge is 0.205 e.